The molecule has 2 aromatic carbocycles. The number of methoxy groups -OCH3 is 2. The molecule has 1 amide bonds. The van der Waals surface area contributed by atoms with Crippen molar-refractivity contribution in [3.05, 3.63) is 69.8 Å². The molecular formula is C29H32F2N2O6S. The van der Waals surface area contributed by atoms with Crippen molar-refractivity contribution in [3.63, 3.8) is 0 Å². The lowest BCUT2D eigenvalue weighted by molar-refractivity contribution is -0.135. The molecule has 1 aromatic heterocycles. The first kappa shape index (κ1) is 30.7. The van der Waals surface area contributed by atoms with Crippen molar-refractivity contribution < 1.29 is 37.7 Å². The van der Waals surface area contributed by atoms with Gasteiger partial charge in [-0.15, -0.1) is 11.3 Å². The van der Waals surface area contributed by atoms with E-state index in [-0.39, 0.29) is 10.7 Å². The SMILES string of the molecule is CO/C(=C\c1c(F)cc(C(=O)Nc2nc(-c3cccc(CCOCCCC(C)C)c3OC)cs2)cc1F)C(=O)O. The first-order valence-electron chi connectivity index (χ1n) is 12.6. The van der Waals surface area contributed by atoms with Crippen molar-refractivity contribution in [1.29, 1.82) is 0 Å². The summed E-state index contributed by atoms with van der Waals surface area (Å²) in [7, 11) is 2.64. The quantitative estimate of drug-likeness (QED) is 0.130. The van der Waals surface area contributed by atoms with Crippen LogP contribution < -0.4 is 10.1 Å². The van der Waals surface area contributed by atoms with E-state index in [0.29, 0.717) is 43.1 Å². The number of hydrogen-bond donors (Lipinski definition) is 2. The molecule has 214 valence electrons. The Morgan fingerprint density at radius 1 is 1.15 bits per heavy atom. The molecule has 2 N–H and O–H groups in total. The van der Waals surface area contributed by atoms with Gasteiger partial charge in [0.05, 0.1) is 26.5 Å². The zero-order valence-electron chi connectivity index (χ0n) is 22.8. The monoisotopic (exact) mass is 574 g/mol. The molecule has 0 radical (unpaired) electrons. The summed E-state index contributed by atoms with van der Waals surface area (Å²) in [5.74, 6) is -3.86. The van der Waals surface area contributed by atoms with Crippen LogP contribution in [0.25, 0.3) is 17.3 Å². The fourth-order valence-corrected chi connectivity index (χ4v) is 4.62. The third kappa shape index (κ3) is 8.09. The Morgan fingerprint density at radius 2 is 1.88 bits per heavy atom. The van der Waals surface area contributed by atoms with Crippen LogP contribution in [0, 0.1) is 17.6 Å². The lowest BCUT2D eigenvalue weighted by atomic mass is 10.0. The second kappa shape index (κ2) is 14.5. The standard InChI is InChI=1S/C29H32F2N2O6S/c1-17(2)7-6-11-39-12-10-18-8-5-9-20(26(18)38-4)24-16-40-29(32-24)33-27(34)19-13-22(30)21(23(31)14-19)15-25(37-3)28(35)36/h5,8-9,13-17H,6-7,10-12H2,1-4H3,(H,35,36)(H,32,33,34)/b25-15-. The minimum absolute atomic E-state index is 0.221. The van der Waals surface area contributed by atoms with Crippen LogP contribution >= 0.6 is 11.3 Å². The molecule has 0 aliphatic carbocycles. The summed E-state index contributed by atoms with van der Waals surface area (Å²) in [5, 5.41) is 13.5. The van der Waals surface area contributed by atoms with E-state index >= 15 is 0 Å². The average Bonchev–Trinajstić information content (AvgIpc) is 3.37. The van der Waals surface area contributed by atoms with Crippen LogP contribution in [0.1, 0.15) is 48.2 Å². The number of benzene rings is 2. The number of nitrogens with one attached hydrogen (secondary N) is 1. The minimum atomic E-state index is -1.49. The lowest BCUT2D eigenvalue weighted by Crippen LogP contribution is -2.13. The van der Waals surface area contributed by atoms with Crippen LogP contribution in [-0.2, 0) is 20.7 Å². The highest BCUT2D eigenvalue weighted by atomic mass is 32.1. The Balaban J connectivity index is 1.72. The van der Waals surface area contributed by atoms with Crippen LogP contribution in [0.15, 0.2) is 41.5 Å². The molecule has 11 heteroatoms. The van der Waals surface area contributed by atoms with E-state index < -0.39 is 34.8 Å². The molecule has 3 rings (SSSR count). The van der Waals surface area contributed by atoms with Crippen LogP contribution in [-0.4, -0.2) is 49.4 Å². The number of halogens is 2. The largest absolute Gasteiger partial charge is 0.496 e. The van der Waals surface area contributed by atoms with Crippen molar-refractivity contribution in [2.75, 3.05) is 32.8 Å². The molecule has 0 spiro atoms. The molecule has 40 heavy (non-hydrogen) atoms. The third-order valence-electron chi connectivity index (χ3n) is 5.93. The first-order chi connectivity index (χ1) is 19.1. The number of aliphatic carboxylic acids is 1. The van der Waals surface area contributed by atoms with Gasteiger partial charge in [0.15, 0.2) is 5.13 Å². The highest BCUT2D eigenvalue weighted by molar-refractivity contribution is 7.14. The molecule has 0 saturated heterocycles. The smallest absolute Gasteiger partial charge is 0.371 e. The van der Waals surface area contributed by atoms with Gasteiger partial charge in [0, 0.05) is 34.8 Å². The number of carboxylic acid groups (broad SMARTS) is 1. The van der Waals surface area contributed by atoms with Crippen LogP contribution in [0.5, 0.6) is 5.75 Å². The molecule has 0 atom stereocenters. The maximum atomic E-state index is 14.5. The number of carboxylic acids is 1. The second-order valence-corrected chi connectivity index (χ2v) is 10.1. The predicted octanol–water partition coefficient (Wildman–Crippen LogP) is 6.42. The molecule has 0 saturated carbocycles. The van der Waals surface area contributed by atoms with E-state index in [9.17, 15) is 18.4 Å². The molecule has 0 bridgehead atoms. The predicted molar refractivity (Wildman–Crippen MR) is 150 cm³/mol. The Hall–Kier alpha value is -3.83. The maximum absolute atomic E-state index is 14.5. The van der Waals surface area contributed by atoms with Gasteiger partial charge in [0.25, 0.3) is 5.91 Å². The number of aromatic nitrogens is 1. The van der Waals surface area contributed by atoms with Crippen molar-refractivity contribution >= 4 is 34.4 Å². The van der Waals surface area contributed by atoms with Crippen LogP contribution in [0.2, 0.25) is 0 Å². The van der Waals surface area contributed by atoms with E-state index in [0.717, 1.165) is 54.5 Å². The fourth-order valence-electron chi connectivity index (χ4n) is 3.92. The summed E-state index contributed by atoms with van der Waals surface area (Å²) in [5.41, 5.74) is 1.32. The maximum Gasteiger partial charge on any atom is 0.371 e. The zero-order chi connectivity index (χ0) is 29.2. The Morgan fingerprint density at radius 3 is 2.50 bits per heavy atom. The van der Waals surface area contributed by atoms with E-state index in [1.54, 1.807) is 12.5 Å². The number of ether oxygens (including phenoxy) is 3. The fraction of sp³-hybridized carbons (Fsp3) is 0.345. The molecule has 1 heterocycles. The summed E-state index contributed by atoms with van der Waals surface area (Å²) in [4.78, 5) is 28.3. The number of amides is 1. The highest BCUT2D eigenvalue weighted by Crippen LogP contribution is 2.35. The minimum Gasteiger partial charge on any atom is -0.496 e. The van der Waals surface area contributed by atoms with Gasteiger partial charge in [-0.25, -0.2) is 18.6 Å². The van der Waals surface area contributed by atoms with Gasteiger partial charge < -0.3 is 19.3 Å². The second-order valence-electron chi connectivity index (χ2n) is 9.26. The highest BCUT2D eigenvalue weighted by Gasteiger charge is 2.19. The number of carbonyl (C=O) groups is 2. The number of hydrogen-bond acceptors (Lipinski definition) is 7. The lowest BCUT2D eigenvalue weighted by Gasteiger charge is -2.13. The number of nitrogens with zero attached hydrogens (tertiary/aromatic N) is 1. The molecule has 0 aliphatic rings. The zero-order valence-corrected chi connectivity index (χ0v) is 23.6. The molecule has 3 aromatic rings. The van der Waals surface area contributed by atoms with E-state index in [1.165, 1.54) is 0 Å². The average molecular weight is 575 g/mol. The summed E-state index contributed by atoms with van der Waals surface area (Å²) < 4.78 is 45.2. The number of carbonyl (C=O) groups excluding carboxylic acids is 1. The Labute approximate surface area is 235 Å². The van der Waals surface area contributed by atoms with Gasteiger partial charge in [-0.3, -0.25) is 10.1 Å². The molecule has 0 unspecified atom stereocenters. The van der Waals surface area contributed by atoms with Crippen LogP contribution in [0.4, 0.5) is 13.9 Å². The normalized spacial score (nSPS) is 11.5. The molecule has 0 fully saturated rings. The molecule has 8 nitrogen and oxygen atoms in total. The van der Waals surface area contributed by atoms with E-state index in [2.05, 4.69) is 28.9 Å². The van der Waals surface area contributed by atoms with E-state index in [1.807, 2.05) is 18.2 Å². The number of rotatable bonds is 14. The third-order valence-corrected chi connectivity index (χ3v) is 6.69. The van der Waals surface area contributed by atoms with E-state index in [4.69, 9.17) is 14.6 Å². The van der Waals surface area contributed by atoms with Gasteiger partial charge in [0.1, 0.15) is 17.4 Å². The number of thiazole rings is 1. The summed E-state index contributed by atoms with van der Waals surface area (Å²) in [6, 6.07) is 7.33. The van der Waals surface area contributed by atoms with Gasteiger partial charge in [-0.05, 0) is 48.9 Å². The van der Waals surface area contributed by atoms with Crippen molar-refractivity contribution in [2.24, 2.45) is 5.92 Å². The molecular weight excluding hydrogens is 542 g/mol. The number of para-hydroxylation sites is 1. The van der Waals surface area contributed by atoms with Crippen molar-refractivity contribution in [1.82, 2.24) is 4.98 Å². The van der Waals surface area contributed by atoms with Crippen molar-refractivity contribution in [2.45, 2.75) is 33.1 Å². The van der Waals surface area contributed by atoms with Gasteiger partial charge in [-0.2, -0.15) is 0 Å². The first-order valence-corrected chi connectivity index (χ1v) is 13.5. The Bertz CT molecular complexity index is 1350. The molecule has 0 aliphatic heterocycles. The summed E-state index contributed by atoms with van der Waals surface area (Å²) in [6.45, 7) is 5.63. The van der Waals surface area contributed by atoms with Gasteiger partial charge in [0.2, 0.25) is 5.76 Å². The Kier molecular flexibility index (Phi) is 11.2. The van der Waals surface area contributed by atoms with Crippen molar-refractivity contribution in [3.8, 4) is 17.0 Å². The van der Waals surface area contributed by atoms with Gasteiger partial charge >= 0.3 is 5.97 Å². The summed E-state index contributed by atoms with van der Waals surface area (Å²) >= 11 is 1.15. The summed E-state index contributed by atoms with van der Waals surface area (Å²) in [6.07, 6.45) is 3.51. The number of anilines is 1. The van der Waals surface area contributed by atoms with Gasteiger partial charge in [-0.1, -0.05) is 26.0 Å². The van der Waals surface area contributed by atoms with Crippen LogP contribution in [0.3, 0.4) is 0 Å². The topological polar surface area (TPSA) is 107 Å².